The summed E-state index contributed by atoms with van der Waals surface area (Å²) < 4.78 is 27.5. The number of sulfonamides is 1. The number of carboxylic acid groups (broad SMARTS) is 1. The molecule has 0 amide bonds. The summed E-state index contributed by atoms with van der Waals surface area (Å²) in [7, 11) is -3.78. The molecule has 1 aromatic rings. The van der Waals surface area contributed by atoms with Gasteiger partial charge in [0.05, 0.1) is 16.6 Å². The van der Waals surface area contributed by atoms with Crippen LogP contribution in [-0.4, -0.2) is 37.2 Å². The number of carboxylic acids is 1. The number of aliphatic hydroxyl groups excluding tert-OH is 1. The summed E-state index contributed by atoms with van der Waals surface area (Å²) in [5, 5.41) is 18.2. The van der Waals surface area contributed by atoms with Crippen LogP contribution in [0.2, 0.25) is 0 Å². The largest absolute Gasteiger partial charge is 0.478 e. The lowest BCUT2D eigenvalue weighted by Crippen LogP contribution is -2.38. The first-order valence-electron chi connectivity index (χ1n) is 6.42. The van der Waals surface area contributed by atoms with Gasteiger partial charge in [0, 0.05) is 11.0 Å². The van der Waals surface area contributed by atoms with E-state index >= 15 is 0 Å². The van der Waals surface area contributed by atoms with E-state index in [1.165, 1.54) is 6.07 Å². The molecule has 1 aromatic carbocycles. The van der Waals surface area contributed by atoms with Crippen LogP contribution in [0.1, 0.15) is 28.8 Å². The minimum atomic E-state index is -3.78. The van der Waals surface area contributed by atoms with Crippen molar-refractivity contribution >= 4 is 31.9 Å². The Labute approximate surface area is 131 Å². The van der Waals surface area contributed by atoms with Crippen molar-refractivity contribution in [3.63, 3.8) is 0 Å². The molecule has 0 aliphatic heterocycles. The van der Waals surface area contributed by atoms with Gasteiger partial charge in [-0.1, -0.05) is 15.9 Å². The zero-order valence-electron chi connectivity index (χ0n) is 11.3. The number of nitrogens with one attached hydrogen (secondary N) is 1. The number of carbonyl (C=O) groups is 1. The topological polar surface area (TPSA) is 104 Å². The van der Waals surface area contributed by atoms with Crippen LogP contribution in [0.25, 0.3) is 0 Å². The summed E-state index contributed by atoms with van der Waals surface area (Å²) in [6, 6.07) is 2.53. The Balaban J connectivity index is 2.24. The molecule has 8 heteroatoms. The van der Waals surface area contributed by atoms with E-state index in [-0.39, 0.29) is 29.0 Å². The Bertz CT molecular complexity index is 667. The van der Waals surface area contributed by atoms with Crippen molar-refractivity contribution in [2.75, 3.05) is 6.54 Å². The van der Waals surface area contributed by atoms with E-state index in [0.717, 1.165) is 6.07 Å². The molecule has 21 heavy (non-hydrogen) atoms. The number of halogens is 1. The Hall–Kier alpha value is -0.960. The number of hydrogen-bond donors (Lipinski definition) is 3. The van der Waals surface area contributed by atoms with Gasteiger partial charge in [0.1, 0.15) is 0 Å². The Morgan fingerprint density at radius 1 is 1.43 bits per heavy atom. The first-order chi connectivity index (χ1) is 9.70. The highest BCUT2D eigenvalue weighted by atomic mass is 79.9. The zero-order chi connectivity index (χ0) is 15.8. The summed E-state index contributed by atoms with van der Waals surface area (Å²) in [5.41, 5.74) is 0.369. The molecular formula is C13H16BrNO5S. The van der Waals surface area contributed by atoms with Gasteiger partial charge in [-0.15, -0.1) is 0 Å². The molecule has 1 saturated carbocycles. The fourth-order valence-corrected chi connectivity index (χ4v) is 4.23. The second-order valence-electron chi connectivity index (χ2n) is 5.23. The van der Waals surface area contributed by atoms with E-state index in [4.69, 9.17) is 5.11 Å². The smallest absolute Gasteiger partial charge is 0.335 e. The number of rotatable bonds is 5. The first kappa shape index (κ1) is 16.4. The van der Waals surface area contributed by atoms with Crippen molar-refractivity contribution in [2.24, 2.45) is 5.92 Å². The third kappa shape index (κ3) is 3.63. The first-order valence-corrected chi connectivity index (χ1v) is 8.69. The highest BCUT2D eigenvalue weighted by molar-refractivity contribution is 9.10. The molecule has 6 nitrogen and oxygen atoms in total. The van der Waals surface area contributed by atoms with Gasteiger partial charge in [-0.05, 0) is 43.4 Å². The second kappa shape index (κ2) is 6.04. The molecule has 0 heterocycles. The third-order valence-corrected chi connectivity index (χ3v) is 5.98. The Morgan fingerprint density at radius 3 is 2.57 bits per heavy atom. The van der Waals surface area contributed by atoms with Gasteiger partial charge in [-0.3, -0.25) is 0 Å². The monoisotopic (exact) mass is 377 g/mol. The van der Waals surface area contributed by atoms with E-state index < -0.39 is 16.0 Å². The van der Waals surface area contributed by atoms with Crippen molar-refractivity contribution in [1.29, 1.82) is 0 Å². The molecule has 1 aliphatic carbocycles. The lowest BCUT2D eigenvalue weighted by Gasteiger charge is -2.31. The molecule has 0 unspecified atom stereocenters. The van der Waals surface area contributed by atoms with Crippen molar-refractivity contribution in [2.45, 2.75) is 30.8 Å². The van der Waals surface area contributed by atoms with Crippen molar-refractivity contribution < 1.29 is 23.4 Å². The number of benzene rings is 1. The normalized spacial score (nSPS) is 21.9. The predicted molar refractivity (Wildman–Crippen MR) is 79.8 cm³/mol. The maximum Gasteiger partial charge on any atom is 0.335 e. The molecule has 3 N–H and O–H groups in total. The van der Waals surface area contributed by atoms with Crippen LogP contribution in [0.3, 0.4) is 0 Å². The maximum absolute atomic E-state index is 12.3. The van der Waals surface area contributed by atoms with Crippen LogP contribution in [0.4, 0.5) is 0 Å². The quantitative estimate of drug-likeness (QED) is 0.721. The lowest BCUT2D eigenvalue weighted by atomic mass is 9.83. The minimum Gasteiger partial charge on any atom is -0.478 e. The van der Waals surface area contributed by atoms with E-state index in [9.17, 15) is 18.3 Å². The van der Waals surface area contributed by atoms with E-state index in [2.05, 4.69) is 20.7 Å². The predicted octanol–water partition coefficient (Wildman–Crippen LogP) is 1.50. The highest BCUT2D eigenvalue weighted by Gasteiger charge is 2.29. The van der Waals surface area contributed by atoms with E-state index in [1.54, 1.807) is 6.92 Å². The fourth-order valence-electron chi connectivity index (χ4n) is 2.23. The van der Waals surface area contributed by atoms with Gasteiger partial charge in [-0.2, -0.15) is 0 Å². The van der Waals surface area contributed by atoms with Gasteiger partial charge >= 0.3 is 5.97 Å². The Kier molecular flexibility index (Phi) is 4.72. The van der Waals surface area contributed by atoms with Gasteiger partial charge in [0.2, 0.25) is 10.0 Å². The second-order valence-corrected chi connectivity index (χ2v) is 7.82. The average molecular weight is 378 g/mol. The van der Waals surface area contributed by atoms with Crippen molar-refractivity contribution in [1.82, 2.24) is 4.72 Å². The number of aromatic carboxylic acids is 1. The van der Waals surface area contributed by atoms with Crippen LogP contribution < -0.4 is 4.72 Å². The summed E-state index contributed by atoms with van der Waals surface area (Å²) in [6.45, 7) is 1.85. The van der Waals surface area contributed by atoms with Crippen molar-refractivity contribution in [3.05, 3.63) is 27.7 Å². The molecular weight excluding hydrogens is 362 g/mol. The average Bonchev–Trinajstić information content (AvgIpc) is 2.35. The van der Waals surface area contributed by atoms with Crippen molar-refractivity contribution in [3.8, 4) is 0 Å². The third-order valence-electron chi connectivity index (χ3n) is 3.61. The molecule has 0 atom stereocenters. The van der Waals surface area contributed by atoms with Gasteiger partial charge in [0.25, 0.3) is 0 Å². The van der Waals surface area contributed by atoms with Gasteiger partial charge in [0.15, 0.2) is 0 Å². The maximum atomic E-state index is 12.3. The molecule has 0 spiro atoms. The molecule has 0 bridgehead atoms. The molecule has 0 aromatic heterocycles. The molecule has 0 saturated heterocycles. The lowest BCUT2D eigenvalue weighted by molar-refractivity contribution is 0.0453. The molecule has 1 fully saturated rings. The summed E-state index contributed by atoms with van der Waals surface area (Å²) in [6.07, 6.45) is 0.825. The number of hydrogen-bond acceptors (Lipinski definition) is 4. The minimum absolute atomic E-state index is 0.0471. The van der Waals surface area contributed by atoms with Gasteiger partial charge < -0.3 is 10.2 Å². The summed E-state index contributed by atoms with van der Waals surface area (Å²) in [5.74, 6) is -1.06. The SMILES string of the molecule is Cc1c(Br)cc(C(=O)O)cc1S(=O)(=O)NCC1CC(O)C1. The summed E-state index contributed by atoms with van der Waals surface area (Å²) in [4.78, 5) is 11.0. The zero-order valence-corrected chi connectivity index (χ0v) is 13.7. The number of aliphatic hydroxyl groups is 1. The molecule has 2 rings (SSSR count). The molecule has 0 radical (unpaired) electrons. The van der Waals surface area contributed by atoms with Crippen LogP contribution in [-0.2, 0) is 10.0 Å². The summed E-state index contributed by atoms with van der Waals surface area (Å²) >= 11 is 3.18. The van der Waals surface area contributed by atoms with E-state index in [1.807, 2.05) is 0 Å². The van der Waals surface area contributed by atoms with Crippen LogP contribution >= 0.6 is 15.9 Å². The van der Waals surface area contributed by atoms with Gasteiger partial charge in [-0.25, -0.2) is 17.9 Å². The van der Waals surface area contributed by atoms with Crippen LogP contribution in [0, 0.1) is 12.8 Å². The standard InChI is InChI=1S/C13H16BrNO5S/c1-7-11(14)4-9(13(17)18)5-12(7)21(19,20)15-6-8-2-10(16)3-8/h4-5,8,10,15-16H,2-3,6H2,1H3,(H,17,18). The fraction of sp³-hybridized carbons (Fsp3) is 0.462. The van der Waals surface area contributed by atoms with Crippen LogP contribution in [0.15, 0.2) is 21.5 Å². The Morgan fingerprint density at radius 2 is 2.05 bits per heavy atom. The molecule has 1 aliphatic rings. The van der Waals surface area contributed by atoms with E-state index in [0.29, 0.717) is 22.9 Å². The molecule has 116 valence electrons. The van der Waals surface area contributed by atoms with Crippen LogP contribution in [0.5, 0.6) is 0 Å². The highest BCUT2D eigenvalue weighted by Crippen LogP contribution is 2.28.